The summed E-state index contributed by atoms with van der Waals surface area (Å²) in [6.07, 6.45) is 11.4. The van der Waals surface area contributed by atoms with Crippen LogP contribution in [0.1, 0.15) is 90.8 Å². The van der Waals surface area contributed by atoms with E-state index >= 15 is 0 Å². The van der Waals surface area contributed by atoms with Crippen LogP contribution < -0.4 is 0 Å². The van der Waals surface area contributed by atoms with Crippen molar-refractivity contribution in [1.29, 1.82) is 0 Å². The lowest BCUT2D eigenvalue weighted by Gasteiger charge is -2.26. The second kappa shape index (κ2) is 10.1. The lowest BCUT2D eigenvalue weighted by molar-refractivity contribution is -0.154. The summed E-state index contributed by atoms with van der Waals surface area (Å²) in [4.78, 5) is 27.8. The number of carbonyl (C=O) groups is 2. The van der Waals surface area contributed by atoms with Crippen molar-refractivity contribution in [2.45, 2.75) is 97.1 Å². The first-order valence-electron chi connectivity index (χ1n) is 10.6. The molecule has 1 fully saturated rings. The Morgan fingerprint density at radius 2 is 1.93 bits per heavy atom. The van der Waals surface area contributed by atoms with Crippen LogP contribution in [-0.2, 0) is 20.7 Å². The Bertz CT molecular complexity index is 639. The number of imidazole rings is 1. The van der Waals surface area contributed by atoms with Gasteiger partial charge in [0.05, 0.1) is 17.9 Å². The lowest BCUT2D eigenvalue weighted by atomic mass is 9.87. The van der Waals surface area contributed by atoms with E-state index in [4.69, 9.17) is 4.74 Å². The fourth-order valence-corrected chi connectivity index (χ4v) is 3.84. The summed E-state index contributed by atoms with van der Waals surface area (Å²) in [6, 6.07) is 0.495. The van der Waals surface area contributed by atoms with Crippen LogP contribution >= 0.6 is 0 Å². The molecule has 1 N–H and O–H groups in total. The molecule has 1 aromatic rings. The van der Waals surface area contributed by atoms with Gasteiger partial charge < -0.3 is 14.4 Å². The predicted molar refractivity (Wildman–Crippen MR) is 108 cm³/mol. The molecule has 0 saturated heterocycles. The van der Waals surface area contributed by atoms with Crippen molar-refractivity contribution >= 4 is 11.9 Å². The molecule has 1 saturated carbocycles. The standard InChI is InChI=1S/C22H36N2O4/c1-16-9-11-19(12-10-16)24-14-18(23-15-24)13-17(21(26)27)7-5-6-8-20(25)28-22(2,3)4/h14-17,19H,5-13H2,1-4H3,(H,26,27)/t16?,17-,19?/m0/s1. The number of hydrogen-bond donors (Lipinski definition) is 1. The van der Waals surface area contributed by atoms with E-state index in [1.807, 2.05) is 33.3 Å². The van der Waals surface area contributed by atoms with Crippen LogP contribution in [-0.4, -0.2) is 32.2 Å². The first-order chi connectivity index (χ1) is 13.1. The molecule has 1 aliphatic rings. The van der Waals surface area contributed by atoms with Crippen LogP contribution in [0.2, 0.25) is 0 Å². The fourth-order valence-electron chi connectivity index (χ4n) is 3.84. The SMILES string of the molecule is CC1CCC(n2cnc(C[C@H](CCCCC(=O)OC(C)(C)C)C(=O)O)c2)CC1. The maximum Gasteiger partial charge on any atom is 0.306 e. The number of unbranched alkanes of at least 4 members (excludes halogenated alkanes) is 1. The summed E-state index contributed by atoms with van der Waals surface area (Å²) >= 11 is 0. The Balaban J connectivity index is 1.78. The van der Waals surface area contributed by atoms with Gasteiger partial charge in [-0.15, -0.1) is 0 Å². The van der Waals surface area contributed by atoms with E-state index in [2.05, 4.69) is 16.5 Å². The molecule has 0 aliphatic heterocycles. The number of hydrogen-bond acceptors (Lipinski definition) is 4. The maximum absolute atomic E-state index is 11.8. The number of carbonyl (C=O) groups excluding carboxylic acids is 1. The highest BCUT2D eigenvalue weighted by Gasteiger charge is 2.23. The molecule has 0 unspecified atom stereocenters. The van der Waals surface area contributed by atoms with E-state index in [0.29, 0.717) is 38.1 Å². The van der Waals surface area contributed by atoms with E-state index in [9.17, 15) is 14.7 Å². The van der Waals surface area contributed by atoms with E-state index < -0.39 is 17.5 Å². The molecule has 0 bridgehead atoms. The zero-order chi connectivity index (χ0) is 20.7. The first kappa shape index (κ1) is 22.4. The zero-order valence-electron chi connectivity index (χ0n) is 17.8. The van der Waals surface area contributed by atoms with Gasteiger partial charge in [-0.2, -0.15) is 0 Å². The fraction of sp³-hybridized carbons (Fsp3) is 0.773. The van der Waals surface area contributed by atoms with Crippen LogP contribution in [0.15, 0.2) is 12.5 Å². The normalized spacial score (nSPS) is 21.3. The number of esters is 1. The summed E-state index contributed by atoms with van der Waals surface area (Å²) in [5, 5.41) is 9.55. The van der Waals surface area contributed by atoms with Crippen molar-refractivity contribution in [2.24, 2.45) is 11.8 Å². The average Bonchev–Trinajstić information content (AvgIpc) is 3.05. The molecule has 1 aromatic heterocycles. The summed E-state index contributed by atoms with van der Waals surface area (Å²) in [5.41, 5.74) is 0.369. The Morgan fingerprint density at radius 1 is 1.25 bits per heavy atom. The van der Waals surface area contributed by atoms with Gasteiger partial charge in [-0.25, -0.2) is 4.98 Å². The second-order valence-corrected chi connectivity index (χ2v) is 9.30. The van der Waals surface area contributed by atoms with Gasteiger partial charge in [-0.1, -0.05) is 13.3 Å². The molecular weight excluding hydrogens is 356 g/mol. The second-order valence-electron chi connectivity index (χ2n) is 9.30. The van der Waals surface area contributed by atoms with E-state index in [1.165, 1.54) is 25.7 Å². The highest BCUT2D eigenvalue weighted by molar-refractivity contribution is 5.70. The highest BCUT2D eigenvalue weighted by atomic mass is 16.6. The monoisotopic (exact) mass is 392 g/mol. The summed E-state index contributed by atoms with van der Waals surface area (Å²) < 4.78 is 7.46. The maximum atomic E-state index is 11.8. The van der Waals surface area contributed by atoms with Gasteiger partial charge in [0.2, 0.25) is 0 Å². The highest BCUT2D eigenvalue weighted by Crippen LogP contribution is 2.32. The molecule has 28 heavy (non-hydrogen) atoms. The van der Waals surface area contributed by atoms with Gasteiger partial charge in [0.15, 0.2) is 0 Å². The molecule has 1 aliphatic carbocycles. The van der Waals surface area contributed by atoms with Gasteiger partial charge in [-0.05, 0) is 65.2 Å². The number of aliphatic carboxylic acids is 1. The Kier molecular flexibility index (Phi) is 8.08. The summed E-state index contributed by atoms with van der Waals surface area (Å²) in [7, 11) is 0. The number of carboxylic acids is 1. The molecule has 0 amide bonds. The minimum atomic E-state index is -0.793. The largest absolute Gasteiger partial charge is 0.481 e. The van der Waals surface area contributed by atoms with E-state index in [0.717, 1.165) is 11.6 Å². The van der Waals surface area contributed by atoms with Crippen LogP contribution in [0.5, 0.6) is 0 Å². The molecule has 1 heterocycles. The van der Waals surface area contributed by atoms with Gasteiger partial charge in [0.25, 0.3) is 0 Å². The third-order valence-electron chi connectivity index (χ3n) is 5.47. The average molecular weight is 393 g/mol. The molecule has 0 aromatic carbocycles. The third-order valence-corrected chi connectivity index (χ3v) is 5.47. The van der Waals surface area contributed by atoms with Crippen molar-refractivity contribution in [3.63, 3.8) is 0 Å². The van der Waals surface area contributed by atoms with E-state index in [-0.39, 0.29) is 5.97 Å². The van der Waals surface area contributed by atoms with Crippen molar-refractivity contribution < 1.29 is 19.4 Å². The Labute approximate surface area is 168 Å². The number of nitrogens with zero attached hydrogens (tertiary/aromatic N) is 2. The van der Waals surface area contributed by atoms with Crippen LogP contribution in [0.25, 0.3) is 0 Å². The topological polar surface area (TPSA) is 81.4 Å². The lowest BCUT2D eigenvalue weighted by Crippen LogP contribution is -2.23. The Morgan fingerprint density at radius 3 is 2.54 bits per heavy atom. The smallest absolute Gasteiger partial charge is 0.306 e. The molecule has 1 atom stereocenters. The molecule has 6 heteroatoms. The van der Waals surface area contributed by atoms with Crippen molar-refractivity contribution in [3.8, 4) is 0 Å². The van der Waals surface area contributed by atoms with Crippen LogP contribution in [0.4, 0.5) is 0 Å². The van der Waals surface area contributed by atoms with Gasteiger partial charge in [0.1, 0.15) is 5.60 Å². The molecule has 158 valence electrons. The number of aromatic nitrogens is 2. The first-order valence-corrected chi connectivity index (χ1v) is 10.6. The van der Waals surface area contributed by atoms with Gasteiger partial charge in [-0.3, -0.25) is 9.59 Å². The minimum Gasteiger partial charge on any atom is -0.481 e. The summed E-state index contributed by atoms with van der Waals surface area (Å²) in [5.74, 6) is -0.678. The molecule has 0 spiro atoms. The number of carboxylic acid groups (broad SMARTS) is 1. The van der Waals surface area contributed by atoms with Gasteiger partial charge in [0, 0.05) is 25.1 Å². The van der Waals surface area contributed by atoms with Crippen molar-refractivity contribution in [1.82, 2.24) is 9.55 Å². The summed E-state index contributed by atoms with van der Waals surface area (Å²) in [6.45, 7) is 7.84. The number of rotatable bonds is 9. The molecular formula is C22H36N2O4. The van der Waals surface area contributed by atoms with Crippen LogP contribution in [0.3, 0.4) is 0 Å². The molecule has 0 radical (unpaired) electrons. The van der Waals surface area contributed by atoms with Crippen molar-refractivity contribution in [2.75, 3.05) is 0 Å². The molecule has 2 rings (SSSR count). The third kappa shape index (κ3) is 7.64. The molecule has 6 nitrogen and oxygen atoms in total. The minimum absolute atomic E-state index is 0.222. The quantitative estimate of drug-likeness (QED) is 0.483. The van der Waals surface area contributed by atoms with Crippen LogP contribution in [0, 0.1) is 11.8 Å². The zero-order valence-corrected chi connectivity index (χ0v) is 17.8. The van der Waals surface area contributed by atoms with Crippen molar-refractivity contribution in [3.05, 3.63) is 18.2 Å². The van der Waals surface area contributed by atoms with Gasteiger partial charge >= 0.3 is 11.9 Å². The van der Waals surface area contributed by atoms with E-state index in [1.54, 1.807) is 0 Å². The number of ether oxygens (including phenoxy) is 1. The Hall–Kier alpha value is -1.85. The predicted octanol–water partition coefficient (Wildman–Crippen LogP) is 4.78.